The molecule has 0 fully saturated rings. The van der Waals surface area contributed by atoms with E-state index in [0.29, 0.717) is 5.75 Å². The van der Waals surface area contributed by atoms with Crippen LogP contribution in [0.1, 0.15) is 5.56 Å². The molecule has 1 atom stereocenters. The molecule has 0 spiro atoms. The van der Waals surface area contributed by atoms with Crippen LogP contribution in [-0.2, 0) is 21.3 Å². The topological polar surface area (TPSA) is 46.2 Å². The van der Waals surface area contributed by atoms with Gasteiger partial charge in [0.2, 0.25) is 5.91 Å². The van der Waals surface area contributed by atoms with Crippen LogP contribution in [0.2, 0.25) is 0 Å². The van der Waals surface area contributed by atoms with Crippen LogP contribution >= 0.6 is 0 Å². The number of hydrogen-bond acceptors (Lipinski definition) is 2. The van der Waals surface area contributed by atoms with E-state index in [1.165, 1.54) is 0 Å². The molecule has 0 saturated carbocycles. The molecule has 0 radical (unpaired) electrons. The van der Waals surface area contributed by atoms with Gasteiger partial charge in [-0.1, -0.05) is 54.6 Å². The molecule has 0 aliphatic carbocycles. The molecule has 2 aromatic rings. The Morgan fingerprint density at radius 3 is 2.40 bits per heavy atom. The van der Waals surface area contributed by atoms with Crippen LogP contribution in [0.3, 0.4) is 0 Å². The Morgan fingerprint density at radius 2 is 1.70 bits per heavy atom. The summed E-state index contributed by atoms with van der Waals surface area (Å²) in [6.45, 7) is 0. The number of benzene rings is 2. The van der Waals surface area contributed by atoms with E-state index in [-0.39, 0.29) is 11.7 Å². The van der Waals surface area contributed by atoms with Crippen molar-refractivity contribution < 1.29 is 9.00 Å². The number of hydrogen-bond donors (Lipinski definition) is 1. The van der Waals surface area contributed by atoms with Crippen molar-refractivity contribution in [2.24, 2.45) is 0 Å². The summed E-state index contributed by atoms with van der Waals surface area (Å²) in [5.74, 6) is 0.235. The molecule has 2 aromatic carbocycles. The van der Waals surface area contributed by atoms with E-state index in [9.17, 15) is 9.00 Å². The average molecular weight is 287 g/mol. The Labute approximate surface area is 121 Å². The molecular weight excluding hydrogens is 270 g/mol. The Balaban J connectivity index is 2.21. The fourth-order valence-corrected chi connectivity index (χ4v) is 3.13. The monoisotopic (exact) mass is 287 g/mol. The van der Waals surface area contributed by atoms with Crippen molar-refractivity contribution in [2.75, 3.05) is 12.8 Å². The van der Waals surface area contributed by atoms with Gasteiger partial charge in [0.1, 0.15) is 5.75 Å². The first kappa shape index (κ1) is 14.5. The molecule has 3 nitrogen and oxygen atoms in total. The normalized spacial score (nSPS) is 11.8. The molecule has 1 N–H and O–H groups in total. The first-order chi connectivity index (χ1) is 9.70. The highest BCUT2D eigenvalue weighted by molar-refractivity contribution is 7.84. The average Bonchev–Trinajstić information content (AvgIpc) is 2.48. The third-order valence-electron chi connectivity index (χ3n) is 2.99. The predicted octanol–water partition coefficient (Wildman–Crippen LogP) is 2.35. The molecule has 0 aliphatic rings. The Bertz CT molecular complexity index is 611. The zero-order chi connectivity index (χ0) is 14.4. The molecule has 0 saturated heterocycles. The zero-order valence-electron chi connectivity index (χ0n) is 11.3. The smallest absolute Gasteiger partial charge is 0.232 e. The van der Waals surface area contributed by atoms with E-state index in [0.717, 1.165) is 16.7 Å². The molecular formula is C16H17NO2S. The van der Waals surface area contributed by atoms with Crippen molar-refractivity contribution in [1.29, 1.82) is 0 Å². The van der Waals surface area contributed by atoms with Crippen LogP contribution in [0, 0.1) is 0 Å². The summed E-state index contributed by atoms with van der Waals surface area (Å²) in [6.07, 6.45) is 0. The first-order valence-electron chi connectivity index (χ1n) is 6.39. The van der Waals surface area contributed by atoms with Gasteiger partial charge in [-0.2, -0.15) is 0 Å². The quantitative estimate of drug-likeness (QED) is 0.917. The summed E-state index contributed by atoms with van der Waals surface area (Å²) in [5.41, 5.74) is 3.17. The van der Waals surface area contributed by atoms with Gasteiger partial charge in [0.25, 0.3) is 0 Å². The number of amides is 1. The zero-order valence-corrected chi connectivity index (χ0v) is 12.2. The highest BCUT2D eigenvalue weighted by Gasteiger charge is 2.10. The summed E-state index contributed by atoms with van der Waals surface area (Å²) in [4.78, 5) is 11.3. The molecule has 0 unspecified atom stereocenters. The van der Waals surface area contributed by atoms with Crippen molar-refractivity contribution in [3.63, 3.8) is 0 Å². The van der Waals surface area contributed by atoms with Gasteiger partial charge in [-0.25, -0.2) is 0 Å². The molecule has 104 valence electrons. The highest BCUT2D eigenvalue weighted by atomic mass is 32.2. The third-order valence-corrected chi connectivity index (χ3v) is 4.21. The minimum absolute atomic E-state index is 0.0413. The van der Waals surface area contributed by atoms with Crippen LogP contribution in [0.25, 0.3) is 11.1 Å². The van der Waals surface area contributed by atoms with Gasteiger partial charge in [0, 0.05) is 23.6 Å². The van der Waals surface area contributed by atoms with Crippen LogP contribution in [0.4, 0.5) is 0 Å². The third kappa shape index (κ3) is 3.78. The molecule has 0 heterocycles. The Kier molecular flexibility index (Phi) is 5.07. The lowest BCUT2D eigenvalue weighted by Gasteiger charge is -2.09. The van der Waals surface area contributed by atoms with Crippen molar-refractivity contribution in [2.45, 2.75) is 5.75 Å². The summed E-state index contributed by atoms with van der Waals surface area (Å²) >= 11 is 0. The van der Waals surface area contributed by atoms with Crippen LogP contribution < -0.4 is 5.32 Å². The molecule has 0 aromatic heterocycles. The summed E-state index contributed by atoms with van der Waals surface area (Å²) in [5, 5.41) is 2.50. The summed E-state index contributed by atoms with van der Waals surface area (Å²) in [6, 6.07) is 17.9. The number of rotatable bonds is 5. The van der Waals surface area contributed by atoms with Gasteiger partial charge in [-0.15, -0.1) is 0 Å². The second-order valence-corrected chi connectivity index (χ2v) is 5.88. The second kappa shape index (κ2) is 7.01. The number of carbonyl (C=O) groups excluding carboxylic acids is 1. The maximum atomic E-state index is 12.0. The van der Waals surface area contributed by atoms with Gasteiger partial charge in [-0.05, 0) is 16.7 Å². The van der Waals surface area contributed by atoms with E-state index in [4.69, 9.17) is 0 Å². The van der Waals surface area contributed by atoms with E-state index in [2.05, 4.69) is 5.32 Å². The maximum absolute atomic E-state index is 12.0. The summed E-state index contributed by atoms with van der Waals surface area (Å²) in [7, 11) is 0.356. The van der Waals surface area contributed by atoms with Crippen LogP contribution in [-0.4, -0.2) is 22.9 Å². The van der Waals surface area contributed by atoms with Crippen LogP contribution in [0.15, 0.2) is 54.6 Å². The van der Waals surface area contributed by atoms with Crippen molar-refractivity contribution >= 4 is 16.7 Å². The molecule has 20 heavy (non-hydrogen) atoms. The SMILES string of the molecule is CNC(=O)C[S@](=O)Cc1ccccc1-c1ccccc1. The van der Waals surface area contributed by atoms with Crippen molar-refractivity contribution in [3.8, 4) is 11.1 Å². The van der Waals surface area contributed by atoms with E-state index in [1.54, 1.807) is 7.05 Å². The van der Waals surface area contributed by atoms with Gasteiger partial charge in [-0.3, -0.25) is 9.00 Å². The molecule has 0 bridgehead atoms. The lowest BCUT2D eigenvalue weighted by Crippen LogP contribution is -2.24. The highest BCUT2D eigenvalue weighted by Crippen LogP contribution is 2.24. The largest absolute Gasteiger partial charge is 0.358 e. The first-order valence-corrected chi connectivity index (χ1v) is 7.88. The maximum Gasteiger partial charge on any atom is 0.232 e. The lowest BCUT2D eigenvalue weighted by atomic mass is 10.0. The Hall–Kier alpha value is -1.94. The van der Waals surface area contributed by atoms with Crippen LogP contribution in [0.5, 0.6) is 0 Å². The van der Waals surface area contributed by atoms with Gasteiger partial charge >= 0.3 is 0 Å². The lowest BCUT2D eigenvalue weighted by molar-refractivity contribution is -0.118. The van der Waals surface area contributed by atoms with E-state index in [1.807, 2.05) is 54.6 Å². The van der Waals surface area contributed by atoms with Gasteiger partial charge in [0.05, 0.1) is 0 Å². The molecule has 2 rings (SSSR count). The minimum atomic E-state index is -1.20. The standard InChI is InChI=1S/C16H17NO2S/c1-17-16(18)12-20(19)11-14-9-5-6-10-15(14)13-7-3-2-4-8-13/h2-10H,11-12H2,1H3,(H,17,18)/t20-/m1/s1. The minimum Gasteiger partial charge on any atom is -0.358 e. The summed E-state index contributed by atoms with van der Waals surface area (Å²) < 4.78 is 12.0. The molecule has 0 aliphatic heterocycles. The van der Waals surface area contributed by atoms with Gasteiger partial charge in [0.15, 0.2) is 0 Å². The van der Waals surface area contributed by atoms with Crippen molar-refractivity contribution in [1.82, 2.24) is 5.32 Å². The molecule has 1 amide bonds. The fraction of sp³-hybridized carbons (Fsp3) is 0.188. The molecule has 4 heteroatoms. The van der Waals surface area contributed by atoms with Crippen molar-refractivity contribution in [3.05, 3.63) is 60.2 Å². The van der Waals surface area contributed by atoms with E-state index >= 15 is 0 Å². The van der Waals surface area contributed by atoms with E-state index < -0.39 is 10.8 Å². The second-order valence-electron chi connectivity index (χ2n) is 4.42. The predicted molar refractivity (Wildman–Crippen MR) is 82.7 cm³/mol. The number of nitrogens with one attached hydrogen (secondary N) is 1. The van der Waals surface area contributed by atoms with Gasteiger partial charge < -0.3 is 5.32 Å². The fourth-order valence-electron chi connectivity index (χ4n) is 1.99. The number of carbonyl (C=O) groups is 1. The Morgan fingerprint density at radius 1 is 1.05 bits per heavy atom.